The fraction of sp³-hybridized carbons (Fsp3) is 0.185. The molecule has 0 radical (unpaired) electrons. The molecule has 0 aliphatic carbocycles. The van der Waals surface area contributed by atoms with E-state index in [1.807, 2.05) is 30.9 Å². The van der Waals surface area contributed by atoms with Gasteiger partial charge in [-0.25, -0.2) is 0 Å². The molecule has 0 aromatic carbocycles. The average Bonchev–Trinajstić information content (AvgIpc) is 3.68. The smallest absolute Gasteiger partial charge is 0.138 e. The number of pyridine rings is 3. The second-order valence-electron chi connectivity index (χ2n) is 9.01. The lowest BCUT2D eigenvalue weighted by atomic mass is 10.1. The van der Waals surface area contributed by atoms with Crippen molar-refractivity contribution in [3.8, 4) is 39.5 Å². The molecule has 7 rings (SSSR count). The quantitative estimate of drug-likeness (QED) is 0.296. The van der Waals surface area contributed by atoms with Crippen molar-refractivity contribution in [1.29, 1.82) is 0 Å². The van der Waals surface area contributed by atoms with E-state index >= 15 is 0 Å². The van der Waals surface area contributed by atoms with Crippen LogP contribution in [0.2, 0.25) is 0 Å². The number of hydrogen-bond acceptors (Lipinski definition) is 7. The molecule has 7 heterocycles. The summed E-state index contributed by atoms with van der Waals surface area (Å²) in [6.07, 6.45) is 11.4. The fourth-order valence-corrected chi connectivity index (χ4v) is 5.49. The van der Waals surface area contributed by atoms with Crippen LogP contribution in [0.4, 0.5) is 0 Å². The van der Waals surface area contributed by atoms with Crippen molar-refractivity contribution in [3.05, 3.63) is 66.0 Å². The average molecular weight is 494 g/mol. The summed E-state index contributed by atoms with van der Waals surface area (Å²) in [5.74, 6) is 0.776. The van der Waals surface area contributed by atoms with E-state index in [9.17, 15) is 0 Å². The van der Waals surface area contributed by atoms with E-state index in [2.05, 4.69) is 64.4 Å². The van der Waals surface area contributed by atoms with Gasteiger partial charge in [-0.3, -0.25) is 20.1 Å². The summed E-state index contributed by atoms with van der Waals surface area (Å²) >= 11 is 1.68. The maximum absolute atomic E-state index is 6.20. The minimum absolute atomic E-state index is 0.217. The van der Waals surface area contributed by atoms with Crippen LogP contribution >= 0.6 is 11.3 Å². The highest BCUT2D eigenvalue weighted by Gasteiger charge is 2.17. The summed E-state index contributed by atoms with van der Waals surface area (Å²) < 4.78 is 6.20. The Kier molecular flexibility index (Phi) is 5.22. The van der Waals surface area contributed by atoms with Crippen LogP contribution in [0.1, 0.15) is 12.8 Å². The Balaban J connectivity index is 1.26. The third-order valence-electron chi connectivity index (χ3n) is 6.68. The number of aromatic amines is 2. The number of H-pyrrole nitrogens is 2. The first-order valence-electron chi connectivity index (χ1n) is 12.0. The van der Waals surface area contributed by atoms with Gasteiger partial charge < -0.3 is 15.0 Å². The highest BCUT2D eigenvalue weighted by atomic mass is 32.1. The Bertz CT molecular complexity index is 1660. The summed E-state index contributed by atoms with van der Waals surface area (Å²) in [4.78, 5) is 17.0. The monoisotopic (exact) mass is 493 g/mol. The van der Waals surface area contributed by atoms with Crippen molar-refractivity contribution in [3.63, 3.8) is 0 Å². The second-order valence-corrected chi connectivity index (χ2v) is 9.79. The maximum Gasteiger partial charge on any atom is 0.138 e. The highest BCUT2D eigenvalue weighted by molar-refractivity contribution is 7.08. The molecule has 1 aliphatic heterocycles. The molecule has 178 valence electrons. The molecule has 1 fully saturated rings. The van der Waals surface area contributed by atoms with Gasteiger partial charge in [-0.1, -0.05) is 0 Å². The molecular weight excluding hydrogens is 470 g/mol. The molecule has 0 amide bonds. The number of nitrogens with one attached hydrogen (secondary N) is 3. The topological polar surface area (TPSA) is 104 Å². The van der Waals surface area contributed by atoms with E-state index in [0.717, 1.165) is 81.7 Å². The highest BCUT2D eigenvalue weighted by Crippen LogP contribution is 2.35. The molecule has 1 aliphatic rings. The number of ether oxygens (including phenoxy) is 1. The van der Waals surface area contributed by atoms with Crippen LogP contribution < -0.4 is 10.1 Å². The van der Waals surface area contributed by atoms with Gasteiger partial charge >= 0.3 is 0 Å². The van der Waals surface area contributed by atoms with Crippen molar-refractivity contribution < 1.29 is 4.74 Å². The molecule has 6 aromatic rings. The van der Waals surface area contributed by atoms with Gasteiger partial charge in [0.15, 0.2) is 0 Å². The van der Waals surface area contributed by atoms with Crippen LogP contribution in [0.5, 0.6) is 5.75 Å². The van der Waals surface area contributed by atoms with Gasteiger partial charge in [0.2, 0.25) is 0 Å². The van der Waals surface area contributed by atoms with Gasteiger partial charge in [-0.05, 0) is 66.5 Å². The van der Waals surface area contributed by atoms with Crippen LogP contribution in [0, 0.1) is 0 Å². The van der Waals surface area contributed by atoms with E-state index in [4.69, 9.17) is 4.74 Å². The van der Waals surface area contributed by atoms with Gasteiger partial charge in [0.1, 0.15) is 17.5 Å². The van der Waals surface area contributed by atoms with Crippen LogP contribution in [0.3, 0.4) is 0 Å². The minimum Gasteiger partial charge on any atom is -0.489 e. The maximum atomic E-state index is 6.20. The molecule has 6 aromatic heterocycles. The van der Waals surface area contributed by atoms with Crippen molar-refractivity contribution in [2.75, 3.05) is 13.1 Å². The second kappa shape index (κ2) is 8.85. The van der Waals surface area contributed by atoms with Crippen molar-refractivity contribution >= 4 is 33.1 Å². The van der Waals surface area contributed by atoms with E-state index in [1.54, 1.807) is 17.5 Å². The summed E-state index contributed by atoms with van der Waals surface area (Å²) in [5.41, 5.74) is 7.64. The first-order valence-corrected chi connectivity index (χ1v) is 12.9. The Labute approximate surface area is 210 Å². The normalized spacial score (nSPS) is 14.6. The largest absolute Gasteiger partial charge is 0.489 e. The van der Waals surface area contributed by atoms with Crippen LogP contribution in [0.15, 0.2) is 66.0 Å². The van der Waals surface area contributed by atoms with Gasteiger partial charge in [-0.15, -0.1) is 0 Å². The molecule has 0 bridgehead atoms. The lowest BCUT2D eigenvalue weighted by Gasteiger charge is -2.23. The van der Waals surface area contributed by atoms with E-state index in [1.165, 1.54) is 5.56 Å². The zero-order chi connectivity index (χ0) is 23.9. The third-order valence-corrected chi connectivity index (χ3v) is 7.36. The van der Waals surface area contributed by atoms with Gasteiger partial charge in [0.25, 0.3) is 0 Å². The zero-order valence-electron chi connectivity index (χ0n) is 19.4. The minimum atomic E-state index is 0.217. The molecule has 8 nitrogen and oxygen atoms in total. The number of nitrogens with zero attached hydrogens (tertiary/aromatic N) is 4. The van der Waals surface area contributed by atoms with E-state index in [0.29, 0.717) is 0 Å². The third kappa shape index (κ3) is 3.82. The lowest BCUT2D eigenvalue weighted by molar-refractivity contribution is 0.162. The summed E-state index contributed by atoms with van der Waals surface area (Å²) in [6, 6.07) is 8.34. The molecule has 0 atom stereocenters. The number of fused-ring (bicyclic) bond motifs is 2. The molecule has 9 heteroatoms. The molecule has 1 saturated heterocycles. The van der Waals surface area contributed by atoms with Crippen molar-refractivity contribution in [2.24, 2.45) is 0 Å². The van der Waals surface area contributed by atoms with Crippen LogP contribution in [-0.4, -0.2) is 49.3 Å². The standard InChI is InChI=1S/C27H23N7OS/c1-4-28-5-2-18(1)35-19-7-17(10-29-11-19)23-9-21-26(14-31-23)33-34-27(21)24-8-20-22(16-3-6-36-15-16)12-30-13-25(20)32-24/h3,6-15,18,28,32H,1-2,4-5H2,(H,33,34). The zero-order valence-corrected chi connectivity index (χ0v) is 20.2. The first kappa shape index (κ1) is 21.2. The van der Waals surface area contributed by atoms with Crippen LogP contribution in [-0.2, 0) is 0 Å². The van der Waals surface area contributed by atoms with Crippen molar-refractivity contribution in [1.82, 2.24) is 35.5 Å². The first-order chi connectivity index (χ1) is 17.8. The van der Waals surface area contributed by atoms with Crippen LogP contribution in [0.25, 0.3) is 55.6 Å². The molecule has 0 saturated carbocycles. The summed E-state index contributed by atoms with van der Waals surface area (Å²) in [5, 5.41) is 17.4. The molecule has 36 heavy (non-hydrogen) atoms. The SMILES string of the molecule is c1cc(-c2cncc3[nH]c(-c4n[nH]c5cnc(-c6cncc(OC7CCNCC7)c6)cc45)cc23)cs1. The number of hydrogen-bond donors (Lipinski definition) is 3. The van der Waals surface area contributed by atoms with E-state index in [-0.39, 0.29) is 6.10 Å². The number of piperidine rings is 1. The van der Waals surface area contributed by atoms with Crippen molar-refractivity contribution in [2.45, 2.75) is 18.9 Å². The molecule has 0 spiro atoms. The number of rotatable bonds is 5. The molecular formula is C27H23N7OS. The Morgan fingerprint density at radius 3 is 2.69 bits per heavy atom. The lowest BCUT2D eigenvalue weighted by Crippen LogP contribution is -2.34. The van der Waals surface area contributed by atoms with Gasteiger partial charge in [0.05, 0.1) is 41.0 Å². The summed E-state index contributed by atoms with van der Waals surface area (Å²) in [6.45, 7) is 1.97. The fourth-order valence-electron chi connectivity index (χ4n) is 4.84. The van der Waals surface area contributed by atoms with E-state index < -0.39 is 0 Å². The Hall–Kier alpha value is -4.08. The summed E-state index contributed by atoms with van der Waals surface area (Å²) in [7, 11) is 0. The number of aromatic nitrogens is 6. The number of thiophene rings is 1. The molecule has 3 N–H and O–H groups in total. The molecule has 0 unspecified atom stereocenters. The predicted molar refractivity (Wildman–Crippen MR) is 142 cm³/mol. The Morgan fingerprint density at radius 1 is 0.889 bits per heavy atom. The Morgan fingerprint density at radius 2 is 1.81 bits per heavy atom. The van der Waals surface area contributed by atoms with Gasteiger partial charge in [0, 0.05) is 34.3 Å². The van der Waals surface area contributed by atoms with Gasteiger partial charge in [-0.2, -0.15) is 16.4 Å². The predicted octanol–water partition coefficient (Wildman–Crippen LogP) is 5.42.